The van der Waals surface area contributed by atoms with Crippen molar-refractivity contribution in [3.63, 3.8) is 0 Å². The summed E-state index contributed by atoms with van der Waals surface area (Å²) in [7, 11) is 0. The summed E-state index contributed by atoms with van der Waals surface area (Å²) in [6.07, 6.45) is 1.79. The minimum Gasteiger partial charge on any atom is -0.376 e. The van der Waals surface area contributed by atoms with Crippen molar-refractivity contribution in [2.45, 2.75) is 32.9 Å². The van der Waals surface area contributed by atoms with Gasteiger partial charge in [-0.05, 0) is 42.8 Å². The van der Waals surface area contributed by atoms with Gasteiger partial charge in [0.1, 0.15) is 17.3 Å². The molecule has 2 rings (SSSR count). The monoisotopic (exact) mass is 344 g/mol. The lowest BCUT2D eigenvalue weighted by atomic mass is 10.1. The van der Waals surface area contributed by atoms with Crippen LogP contribution in [-0.2, 0) is 12.1 Å². The smallest absolute Gasteiger partial charge is 0.150 e. The molecule has 0 aliphatic rings. The molecule has 0 aliphatic heterocycles. The van der Waals surface area contributed by atoms with E-state index >= 15 is 0 Å². The average Bonchev–Trinajstić information content (AvgIpc) is 2.75. The van der Waals surface area contributed by atoms with E-state index in [-0.39, 0.29) is 11.2 Å². The van der Waals surface area contributed by atoms with Gasteiger partial charge in [-0.3, -0.25) is 0 Å². The van der Waals surface area contributed by atoms with E-state index in [2.05, 4.69) is 31.6 Å². The SMILES string of the molecule is CC(C)(C)n1cc(CNc2c(F)cc(F)cc2Br)nn1. The van der Waals surface area contributed by atoms with E-state index in [1.807, 2.05) is 20.8 Å². The zero-order chi connectivity index (χ0) is 14.9. The van der Waals surface area contributed by atoms with Crippen LogP contribution in [0.25, 0.3) is 0 Å². The molecule has 0 radical (unpaired) electrons. The van der Waals surface area contributed by atoms with Gasteiger partial charge < -0.3 is 5.32 Å². The second kappa shape index (κ2) is 5.47. The Balaban J connectivity index is 2.12. The standard InChI is InChI=1S/C13H15BrF2N4/c1-13(2,3)20-7-9(18-19-20)6-17-12-10(14)4-8(15)5-11(12)16/h4-5,7,17H,6H2,1-3H3. The number of anilines is 1. The van der Waals surface area contributed by atoms with Crippen molar-refractivity contribution >= 4 is 21.6 Å². The molecule has 1 aromatic heterocycles. The molecule has 20 heavy (non-hydrogen) atoms. The zero-order valence-corrected chi connectivity index (χ0v) is 13.0. The highest BCUT2D eigenvalue weighted by Gasteiger charge is 2.15. The fraction of sp³-hybridized carbons (Fsp3) is 0.385. The van der Waals surface area contributed by atoms with Crippen LogP contribution in [0.4, 0.5) is 14.5 Å². The van der Waals surface area contributed by atoms with Gasteiger partial charge in [-0.25, -0.2) is 13.5 Å². The van der Waals surface area contributed by atoms with Crippen LogP contribution in [0.15, 0.2) is 22.8 Å². The van der Waals surface area contributed by atoms with Crippen LogP contribution in [0.2, 0.25) is 0 Å². The molecule has 0 bridgehead atoms. The van der Waals surface area contributed by atoms with E-state index in [4.69, 9.17) is 0 Å². The van der Waals surface area contributed by atoms with Crippen LogP contribution in [0.1, 0.15) is 26.5 Å². The highest BCUT2D eigenvalue weighted by atomic mass is 79.9. The van der Waals surface area contributed by atoms with E-state index in [9.17, 15) is 8.78 Å². The summed E-state index contributed by atoms with van der Waals surface area (Å²) in [6, 6.07) is 2.04. The molecule has 0 unspecified atom stereocenters. The normalized spacial score (nSPS) is 11.7. The van der Waals surface area contributed by atoms with E-state index in [0.717, 1.165) is 6.07 Å². The minimum atomic E-state index is -0.653. The second-order valence-electron chi connectivity index (χ2n) is 5.42. The molecule has 2 aromatic rings. The molecule has 1 aromatic carbocycles. The predicted molar refractivity (Wildman–Crippen MR) is 76.4 cm³/mol. The van der Waals surface area contributed by atoms with Gasteiger partial charge in [0, 0.05) is 10.5 Å². The third kappa shape index (κ3) is 3.33. The van der Waals surface area contributed by atoms with Gasteiger partial charge >= 0.3 is 0 Å². The van der Waals surface area contributed by atoms with Gasteiger partial charge in [0.25, 0.3) is 0 Å². The molecule has 0 fully saturated rings. The molecule has 0 spiro atoms. The Morgan fingerprint density at radius 2 is 2.00 bits per heavy atom. The van der Waals surface area contributed by atoms with Crippen molar-refractivity contribution in [3.8, 4) is 0 Å². The molecule has 1 heterocycles. The summed E-state index contributed by atoms with van der Waals surface area (Å²) >= 11 is 3.12. The molecule has 0 saturated heterocycles. The van der Waals surface area contributed by atoms with E-state index in [1.54, 1.807) is 10.9 Å². The Morgan fingerprint density at radius 1 is 1.30 bits per heavy atom. The first-order chi connectivity index (χ1) is 9.27. The van der Waals surface area contributed by atoms with Crippen molar-refractivity contribution in [2.24, 2.45) is 0 Å². The molecule has 0 amide bonds. The molecule has 108 valence electrons. The van der Waals surface area contributed by atoms with E-state index in [0.29, 0.717) is 16.7 Å². The maximum atomic E-state index is 13.6. The first-order valence-electron chi connectivity index (χ1n) is 6.07. The van der Waals surface area contributed by atoms with Gasteiger partial charge in [0.2, 0.25) is 0 Å². The summed E-state index contributed by atoms with van der Waals surface area (Å²) in [5, 5.41) is 10.9. The number of nitrogens with zero attached hydrogens (tertiary/aromatic N) is 3. The average molecular weight is 345 g/mol. The Morgan fingerprint density at radius 3 is 2.55 bits per heavy atom. The summed E-state index contributed by atoms with van der Waals surface area (Å²) < 4.78 is 28.7. The molecule has 1 N–H and O–H groups in total. The summed E-state index contributed by atoms with van der Waals surface area (Å²) in [4.78, 5) is 0. The zero-order valence-electron chi connectivity index (χ0n) is 11.4. The van der Waals surface area contributed by atoms with Crippen LogP contribution in [-0.4, -0.2) is 15.0 Å². The molecule has 0 aliphatic carbocycles. The quantitative estimate of drug-likeness (QED) is 0.923. The van der Waals surface area contributed by atoms with Gasteiger partial charge in [-0.2, -0.15) is 0 Å². The lowest BCUT2D eigenvalue weighted by Gasteiger charge is -2.17. The van der Waals surface area contributed by atoms with Crippen molar-refractivity contribution in [3.05, 3.63) is 40.1 Å². The Labute approximate surface area is 124 Å². The highest BCUT2D eigenvalue weighted by molar-refractivity contribution is 9.10. The van der Waals surface area contributed by atoms with Gasteiger partial charge in [-0.15, -0.1) is 5.10 Å². The fourth-order valence-corrected chi connectivity index (χ4v) is 2.15. The number of halogens is 3. The van der Waals surface area contributed by atoms with E-state index < -0.39 is 11.6 Å². The lowest BCUT2D eigenvalue weighted by Crippen LogP contribution is -2.22. The number of aromatic nitrogens is 3. The van der Waals surface area contributed by atoms with Gasteiger partial charge in [-0.1, -0.05) is 5.21 Å². The summed E-state index contributed by atoms with van der Waals surface area (Å²) in [5.41, 5.74) is 0.722. The Kier molecular flexibility index (Phi) is 4.08. The number of rotatable bonds is 3. The van der Waals surface area contributed by atoms with Crippen molar-refractivity contribution < 1.29 is 8.78 Å². The first-order valence-corrected chi connectivity index (χ1v) is 6.87. The van der Waals surface area contributed by atoms with Crippen LogP contribution in [0.3, 0.4) is 0 Å². The second-order valence-corrected chi connectivity index (χ2v) is 6.28. The van der Waals surface area contributed by atoms with Crippen molar-refractivity contribution in [2.75, 3.05) is 5.32 Å². The van der Waals surface area contributed by atoms with Gasteiger partial charge in [0.05, 0.1) is 24.0 Å². The first kappa shape index (κ1) is 14.9. The molecular weight excluding hydrogens is 330 g/mol. The number of nitrogens with one attached hydrogen (secondary N) is 1. The Bertz CT molecular complexity index is 596. The number of hydrogen-bond donors (Lipinski definition) is 1. The predicted octanol–water partition coefficient (Wildman–Crippen LogP) is 3.69. The van der Waals surface area contributed by atoms with Crippen LogP contribution in [0.5, 0.6) is 0 Å². The minimum absolute atomic E-state index is 0.160. The molecule has 4 nitrogen and oxygen atoms in total. The summed E-state index contributed by atoms with van der Waals surface area (Å²) in [5.74, 6) is -1.28. The molecule has 0 saturated carbocycles. The van der Waals surface area contributed by atoms with Gasteiger partial charge in [0.15, 0.2) is 0 Å². The number of hydrogen-bond acceptors (Lipinski definition) is 3. The largest absolute Gasteiger partial charge is 0.376 e. The third-order valence-electron chi connectivity index (χ3n) is 2.68. The third-order valence-corrected chi connectivity index (χ3v) is 3.31. The van der Waals surface area contributed by atoms with Crippen LogP contribution >= 0.6 is 15.9 Å². The topological polar surface area (TPSA) is 42.7 Å². The maximum absolute atomic E-state index is 13.6. The van der Waals surface area contributed by atoms with Crippen molar-refractivity contribution in [1.82, 2.24) is 15.0 Å². The molecule has 0 atom stereocenters. The maximum Gasteiger partial charge on any atom is 0.150 e. The summed E-state index contributed by atoms with van der Waals surface area (Å²) in [6.45, 7) is 6.33. The lowest BCUT2D eigenvalue weighted by molar-refractivity contribution is 0.347. The van der Waals surface area contributed by atoms with Crippen LogP contribution in [0, 0.1) is 11.6 Å². The van der Waals surface area contributed by atoms with E-state index in [1.165, 1.54) is 6.07 Å². The Hall–Kier alpha value is -1.50. The molecular formula is C13H15BrF2N4. The number of benzene rings is 1. The fourth-order valence-electron chi connectivity index (χ4n) is 1.60. The van der Waals surface area contributed by atoms with Crippen LogP contribution < -0.4 is 5.32 Å². The highest BCUT2D eigenvalue weighted by Crippen LogP contribution is 2.27. The van der Waals surface area contributed by atoms with Crippen molar-refractivity contribution in [1.29, 1.82) is 0 Å². The molecule has 7 heteroatoms.